The summed E-state index contributed by atoms with van der Waals surface area (Å²) in [7, 11) is 0. The van der Waals surface area contributed by atoms with Crippen molar-refractivity contribution < 1.29 is 4.74 Å². The number of hydrogen-bond acceptors (Lipinski definition) is 4. The zero-order valence-corrected chi connectivity index (χ0v) is 12.7. The van der Waals surface area contributed by atoms with E-state index in [1.54, 1.807) is 0 Å². The molecule has 1 unspecified atom stereocenters. The molecule has 2 aliphatic heterocycles. The van der Waals surface area contributed by atoms with E-state index >= 15 is 0 Å². The van der Waals surface area contributed by atoms with E-state index in [2.05, 4.69) is 23.6 Å². The molecular formula is C15H31N3O. The predicted molar refractivity (Wildman–Crippen MR) is 79.2 cm³/mol. The molecule has 2 fully saturated rings. The van der Waals surface area contributed by atoms with Crippen LogP contribution in [0.5, 0.6) is 0 Å². The van der Waals surface area contributed by atoms with E-state index in [9.17, 15) is 0 Å². The van der Waals surface area contributed by atoms with Crippen molar-refractivity contribution in [1.82, 2.24) is 9.80 Å². The van der Waals surface area contributed by atoms with Crippen molar-refractivity contribution >= 4 is 0 Å². The number of piperazine rings is 1. The van der Waals surface area contributed by atoms with Crippen molar-refractivity contribution in [3.05, 3.63) is 0 Å². The molecule has 2 heterocycles. The molecule has 0 amide bonds. The van der Waals surface area contributed by atoms with Gasteiger partial charge in [0.05, 0.1) is 0 Å². The van der Waals surface area contributed by atoms with Crippen molar-refractivity contribution in [2.24, 2.45) is 17.6 Å². The Morgan fingerprint density at radius 3 is 2.26 bits per heavy atom. The van der Waals surface area contributed by atoms with Crippen LogP contribution in [0.1, 0.15) is 26.7 Å². The van der Waals surface area contributed by atoms with Gasteiger partial charge in [0.2, 0.25) is 0 Å². The van der Waals surface area contributed by atoms with Crippen LogP contribution in [0.4, 0.5) is 0 Å². The van der Waals surface area contributed by atoms with Crippen molar-refractivity contribution in [2.45, 2.75) is 32.7 Å². The van der Waals surface area contributed by atoms with E-state index < -0.39 is 0 Å². The Kier molecular flexibility index (Phi) is 6.07. The average molecular weight is 269 g/mol. The number of nitrogens with zero attached hydrogens (tertiary/aromatic N) is 2. The van der Waals surface area contributed by atoms with Crippen LogP contribution < -0.4 is 5.73 Å². The second-order valence-corrected chi connectivity index (χ2v) is 6.48. The van der Waals surface area contributed by atoms with Crippen LogP contribution in [0.2, 0.25) is 0 Å². The van der Waals surface area contributed by atoms with Gasteiger partial charge < -0.3 is 15.4 Å². The van der Waals surface area contributed by atoms with Crippen LogP contribution in [0.15, 0.2) is 0 Å². The third-order valence-corrected chi connectivity index (χ3v) is 4.55. The normalized spacial score (nSPS) is 25.9. The van der Waals surface area contributed by atoms with Crippen LogP contribution in [0, 0.1) is 11.8 Å². The second-order valence-electron chi connectivity index (χ2n) is 6.48. The minimum atomic E-state index is 0.574. The van der Waals surface area contributed by atoms with Gasteiger partial charge in [-0.05, 0) is 24.7 Å². The van der Waals surface area contributed by atoms with Crippen LogP contribution >= 0.6 is 0 Å². The summed E-state index contributed by atoms with van der Waals surface area (Å²) in [6, 6.07) is 0.574. The minimum absolute atomic E-state index is 0.574. The lowest BCUT2D eigenvalue weighted by atomic mass is 9.90. The van der Waals surface area contributed by atoms with Gasteiger partial charge >= 0.3 is 0 Å². The van der Waals surface area contributed by atoms with Gasteiger partial charge in [-0.25, -0.2) is 0 Å². The lowest BCUT2D eigenvalue weighted by Gasteiger charge is -2.43. The fourth-order valence-corrected chi connectivity index (χ4v) is 3.53. The second kappa shape index (κ2) is 7.58. The smallest absolute Gasteiger partial charge is 0.0469 e. The summed E-state index contributed by atoms with van der Waals surface area (Å²) < 4.78 is 5.47. The van der Waals surface area contributed by atoms with E-state index in [1.807, 2.05) is 0 Å². The molecule has 2 N–H and O–H groups in total. The van der Waals surface area contributed by atoms with Crippen LogP contribution in [0.25, 0.3) is 0 Å². The standard InChI is InChI=1S/C15H31N3O/c1-13(2)12-17-5-7-18(8-6-17)15(11-16)14-3-9-19-10-4-14/h13-15H,3-12,16H2,1-2H3. The highest BCUT2D eigenvalue weighted by molar-refractivity contribution is 4.85. The molecule has 2 rings (SSSR count). The molecule has 112 valence electrons. The number of rotatable bonds is 5. The molecule has 4 heteroatoms. The fourth-order valence-electron chi connectivity index (χ4n) is 3.53. The molecule has 0 radical (unpaired) electrons. The molecule has 1 atom stereocenters. The Labute approximate surface area is 118 Å². The monoisotopic (exact) mass is 269 g/mol. The van der Waals surface area contributed by atoms with Gasteiger partial charge in [0.25, 0.3) is 0 Å². The molecule has 0 spiro atoms. The SMILES string of the molecule is CC(C)CN1CCN(C(CN)C2CCOCC2)CC1. The van der Waals surface area contributed by atoms with E-state index in [-0.39, 0.29) is 0 Å². The summed E-state index contributed by atoms with van der Waals surface area (Å²) in [6.07, 6.45) is 2.38. The number of ether oxygens (including phenoxy) is 1. The van der Waals surface area contributed by atoms with Crippen molar-refractivity contribution in [3.8, 4) is 0 Å². The van der Waals surface area contributed by atoms with E-state index in [0.717, 1.165) is 31.6 Å². The van der Waals surface area contributed by atoms with Crippen molar-refractivity contribution in [2.75, 3.05) is 52.5 Å². The molecule has 2 aliphatic rings. The Hall–Kier alpha value is -0.160. The molecule has 0 bridgehead atoms. The Morgan fingerprint density at radius 2 is 1.74 bits per heavy atom. The number of hydrogen-bond donors (Lipinski definition) is 1. The van der Waals surface area contributed by atoms with Crippen molar-refractivity contribution in [1.29, 1.82) is 0 Å². The maximum Gasteiger partial charge on any atom is 0.0469 e. The summed E-state index contributed by atoms with van der Waals surface area (Å²) in [4.78, 5) is 5.23. The molecule has 0 aromatic heterocycles. The Balaban J connectivity index is 1.80. The maximum atomic E-state index is 6.05. The Morgan fingerprint density at radius 1 is 1.11 bits per heavy atom. The summed E-state index contributed by atoms with van der Waals surface area (Å²) in [6.45, 7) is 13.3. The molecule has 2 saturated heterocycles. The zero-order chi connectivity index (χ0) is 13.7. The van der Waals surface area contributed by atoms with E-state index in [1.165, 1.54) is 45.6 Å². The number of nitrogens with two attached hydrogens (primary N) is 1. The van der Waals surface area contributed by atoms with Gasteiger partial charge in [-0.1, -0.05) is 13.8 Å². The van der Waals surface area contributed by atoms with Crippen LogP contribution in [-0.4, -0.2) is 68.3 Å². The van der Waals surface area contributed by atoms with Gasteiger partial charge in [0.15, 0.2) is 0 Å². The summed E-state index contributed by atoms with van der Waals surface area (Å²) >= 11 is 0. The first-order chi connectivity index (χ1) is 9.20. The first-order valence-corrected chi connectivity index (χ1v) is 7.95. The van der Waals surface area contributed by atoms with Gasteiger partial charge in [-0.15, -0.1) is 0 Å². The van der Waals surface area contributed by atoms with E-state index in [0.29, 0.717) is 6.04 Å². The summed E-state index contributed by atoms with van der Waals surface area (Å²) in [5.74, 6) is 1.52. The Bertz CT molecular complexity index is 246. The highest BCUT2D eigenvalue weighted by Crippen LogP contribution is 2.23. The molecule has 0 saturated carbocycles. The fraction of sp³-hybridized carbons (Fsp3) is 1.00. The zero-order valence-electron chi connectivity index (χ0n) is 12.7. The van der Waals surface area contributed by atoms with Crippen molar-refractivity contribution in [3.63, 3.8) is 0 Å². The van der Waals surface area contributed by atoms with Gasteiger partial charge in [0, 0.05) is 58.5 Å². The summed E-state index contributed by atoms with van der Waals surface area (Å²) in [5, 5.41) is 0. The first kappa shape index (κ1) is 15.2. The van der Waals surface area contributed by atoms with Gasteiger partial charge in [-0.3, -0.25) is 4.90 Å². The molecule has 19 heavy (non-hydrogen) atoms. The maximum absolute atomic E-state index is 6.05. The summed E-state index contributed by atoms with van der Waals surface area (Å²) in [5.41, 5.74) is 6.05. The lowest BCUT2D eigenvalue weighted by Crippen LogP contribution is -2.55. The molecular weight excluding hydrogens is 238 g/mol. The highest BCUT2D eigenvalue weighted by atomic mass is 16.5. The van der Waals surface area contributed by atoms with E-state index in [4.69, 9.17) is 10.5 Å². The quantitative estimate of drug-likeness (QED) is 0.809. The first-order valence-electron chi connectivity index (χ1n) is 7.95. The molecule has 0 aromatic carbocycles. The predicted octanol–water partition coefficient (Wildman–Crippen LogP) is 1.01. The third kappa shape index (κ3) is 4.42. The molecule has 0 aliphatic carbocycles. The van der Waals surface area contributed by atoms with Gasteiger partial charge in [-0.2, -0.15) is 0 Å². The average Bonchev–Trinajstić information content (AvgIpc) is 2.42. The molecule has 0 aromatic rings. The highest BCUT2D eigenvalue weighted by Gasteiger charge is 2.30. The lowest BCUT2D eigenvalue weighted by molar-refractivity contribution is 0.0108. The largest absolute Gasteiger partial charge is 0.381 e. The third-order valence-electron chi connectivity index (χ3n) is 4.55. The van der Waals surface area contributed by atoms with Gasteiger partial charge in [0.1, 0.15) is 0 Å². The topological polar surface area (TPSA) is 41.7 Å². The minimum Gasteiger partial charge on any atom is -0.381 e. The molecule has 4 nitrogen and oxygen atoms in total. The van der Waals surface area contributed by atoms with Crippen LogP contribution in [-0.2, 0) is 4.74 Å². The van der Waals surface area contributed by atoms with Crippen LogP contribution in [0.3, 0.4) is 0 Å².